The van der Waals surface area contributed by atoms with Gasteiger partial charge in [-0.3, -0.25) is 14.4 Å². The van der Waals surface area contributed by atoms with Crippen molar-refractivity contribution < 1.29 is 23.9 Å². The molecule has 0 aromatic carbocycles. The van der Waals surface area contributed by atoms with Crippen LogP contribution < -0.4 is 0 Å². The predicted molar refractivity (Wildman–Crippen MR) is 115 cm³/mol. The lowest BCUT2D eigenvalue weighted by atomic mass is 9.48. The Morgan fingerprint density at radius 3 is 1.90 bits per heavy atom. The molecule has 0 aromatic heterocycles. The summed E-state index contributed by atoms with van der Waals surface area (Å²) in [4.78, 5) is 38.5. The van der Waals surface area contributed by atoms with Gasteiger partial charge in [0.1, 0.15) is 11.9 Å². The molecule has 0 amide bonds. The quantitative estimate of drug-likeness (QED) is 0.485. The summed E-state index contributed by atoms with van der Waals surface area (Å²) in [6.45, 7) is 9.19. The van der Waals surface area contributed by atoms with E-state index >= 15 is 0 Å². The number of hydrogen-bond acceptors (Lipinski definition) is 5. The minimum Gasteiger partial charge on any atom is -0.469 e. The van der Waals surface area contributed by atoms with E-state index in [9.17, 15) is 14.4 Å². The van der Waals surface area contributed by atoms with E-state index in [1.54, 1.807) is 13.8 Å². The smallest absolute Gasteiger partial charge is 0.312 e. The summed E-state index contributed by atoms with van der Waals surface area (Å²) in [7, 11) is 1.36. The molecule has 5 heteroatoms. The Morgan fingerprint density at radius 1 is 0.967 bits per heavy atom. The predicted octanol–water partition coefficient (Wildman–Crippen LogP) is 5.10. The van der Waals surface area contributed by atoms with Gasteiger partial charge >= 0.3 is 11.9 Å². The molecule has 0 heterocycles. The highest BCUT2D eigenvalue weighted by molar-refractivity contribution is 5.86. The Bertz CT molecular complexity index is 658. The molecule has 30 heavy (non-hydrogen) atoms. The van der Waals surface area contributed by atoms with Crippen LogP contribution in [-0.2, 0) is 23.9 Å². The van der Waals surface area contributed by atoms with E-state index in [4.69, 9.17) is 9.47 Å². The zero-order chi connectivity index (χ0) is 22.3. The summed E-state index contributed by atoms with van der Waals surface area (Å²) in [6.07, 6.45) is 7.81. The summed E-state index contributed by atoms with van der Waals surface area (Å²) >= 11 is 0. The molecule has 2 atom stereocenters. The fourth-order valence-electron chi connectivity index (χ4n) is 6.96. The minimum atomic E-state index is -0.796. The fourth-order valence-corrected chi connectivity index (χ4v) is 6.96. The highest BCUT2D eigenvalue weighted by Gasteiger charge is 2.54. The lowest BCUT2D eigenvalue weighted by Gasteiger charge is -2.56. The second-order valence-electron chi connectivity index (χ2n) is 11.5. The molecule has 4 fully saturated rings. The first-order valence-corrected chi connectivity index (χ1v) is 11.8. The first kappa shape index (κ1) is 23.3. The molecule has 4 bridgehead atoms. The van der Waals surface area contributed by atoms with Crippen LogP contribution in [0.1, 0.15) is 92.4 Å². The second kappa shape index (κ2) is 8.27. The van der Waals surface area contributed by atoms with Gasteiger partial charge in [0.2, 0.25) is 0 Å². The van der Waals surface area contributed by atoms with Crippen LogP contribution in [0.25, 0.3) is 0 Å². The van der Waals surface area contributed by atoms with E-state index in [1.807, 2.05) is 20.8 Å². The number of ketones is 1. The summed E-state index contributed by atoms with van der Waals surface area (Å²) in [5, 5.41) is 0. The molecular formula is C25H40O5. The van der Waals surface area contributed by atoms with Crippen molar-refractivity contribution in [2.24, 2.45) is 34.0 Å². The van der Waals surface area contributed by atoms with Crippen molar-refractivity contribution in [3.63, 3.8) is 0 Å². The van der Waals surface area contributed by atoms with Gasteiger partial charge in [0.05, 0.1) is 17.9 Å². The number of esters is 2. The van der Waals surface area contributed by atoms with Gasteiger partial charge in [0.25, 0.3) is 0 Å². The molecule has 0 aliphatic heterocycles. The van der Waals surface area contributed by atoms with Crippen molar-refractivity contribution in [2.45, 2.75) is 98.5 Å². The lowest BCUT2D eigenvalue weighted by Crippen LogP contribution is -2.50. The Balaban J connectivity index is 1.60. The number of hydrogen-bond donors (Lipinski definition) is 0. The van der Waals surface area contributed by atoms with Gasteiger partial charge in [-0.2, -0.15) is 0 Å². The van der Waals surface area contributed by atoms with Crippen LogP contribution in [0.2, 0.25) is 0 Å². The van der Waals surface area contributed by atoms with Crippen molar-refractivity contribution in [3.8, 4) is 0 Å². The van der Waals surface area contributed by atoms with E-state index in [1.165, 1.54) is 26.4 Å². The van der Waals surface area contributed by atoms with Gasteiger partial charge in [-0.05, 0) is 96.8 Å². The topological polar surface area (TPSA) is 69.7 Å². The maximum absolute atomic E-state index is 13.3. The van der Waals surface area contributed by atoms with Crippen LogP contribution in [0.4, 0.5) is 0 Å². The van der Waals surface area contributed by atoms with E-state index in [-0.39, 0.29) is 17.4 Å². The molecule has 4 aliphatic carbocycles. The molecule has 0 spiro atoms. The van der Waals surface area contributed by atoms with E-state index in [2.05, 4.69) is 0 Å². The number of rotatable bonds is 9. The van der Waals surface area contributed by atoms with E-state index < -0.39 is 16.9 Å². The van der Waals surface area contributed by atoms with Crippen molar-refractivity contribution >= 4 is 17.7 Å². The Kier molecular flexibility index (Phi) is 6.42. The van der Waals surface area contributed by atoms with Crippen LogP contribution >= 0.6 is 0 Å². The molecule has 5 nitrogen and oxygen atoms in total. The number of carbonyl (C=O) groups excluding carboxylic acids is 3. The average Bonchev–Trinajstić information content (AvgIpc) is 2.65. The molecular weight excluding hydrogens is 380 g/mol. The lowest BCUT2D eigenvalue weighted by molar-refractivity contribution is -0.167. The van der Waals surface area contributed by atoms with Crippen molar-refractivity contribution in [3.05, 3.63) is 0 Å². The normalized spacial score (nSPS) is 32.9. The first-order valence-electron chi connectivity index (χ1n) is 11.8. The van der Waals surface area contributed by atoms with Crippen LogP contribution in [-0.4, -0.2) is 30.9 Å². The third kappa shape index (κ3) is 4.45. The van der Waals surface area contributed by atoms with Gasteiger partial charge in [-0.1, -0.05) is 6.92 Å². The van der Waals surface area contributed by atoms with Crippen LogP contribution in [0, 0.1) is 34.0 Å². The van der Waals surface area contributed by atoms with Gasteiger partial charge in [-0.25, -0.2) is 0 Å². The van der Waals surface area contributed by atoms with Gasteiger partial charge in [0.15, 0.2) is 0 Å². The molecule has 4 aliphatic rings. The zero-order valence-electron chi connectivity index (χ0n) is 19.7. The maximum atomic E-state index is 13.3. The molecule has 0 saturated heterocycles. The first-order chi connectivity index (χ1) is 13.9. The summed E-state index contributed by atoms with van der Waals surface area (Å²) < 4.78 is 10.7. The van der Waals surface area contributed by atoms with Crippen molar-refractivity contribution in [1.82, 2.24) is 0 Å². The molecule has 0 radical (unpaired) electrons. The van der Waals surface area contributed by atoms with E-state index in [0.29, 0.717) is 25.0 Å². The molecule has 0 aromatic rings. The molecule has 2 unspecified atom stereocenters. The Hall–Kier alpha value is -1.39. The van der Waals surface area contributed by atoms with Crippen LogP contribution in [0.3, 0.4) is 0 Å². The van der Waals surface area contributed by atoms with E-state index in [0.717, 1.165) is 37.0 Å². The number of carbonyl (C=O) groups is 3. The summed E-state index contributed by atoms with van der Waals surface area (Å²) in [5.74, 6) is 1.81. The zero-order valence-corrected chi connectivity index (χ0v) is 19.7. The molecule has 4 rings (SSSR count). The number of ether oxygens (including phenoxy) is 2. The largest absolute Gasteiger partial charge is 0.469 e. The Labute approximate surface area is 181 Å². The molecule has 170 valence electrons. The highest BCUT2D eigenvalue weighted by atomic mass is 16.5. The highest BCUT2D eigenvalue weighted by Crippen LogP contribution is 2.60. The van der Waals surface area contributed by atoms with Crippen LogP contribution in [0.15, 0.2) is 0 Å². The van der Waals surface area contributed by atoms with Crippen molar-refractivity contribution in [2.75, 3.05) is 7.11 Å². The number of Topliss-reactive ketones (excluding diaryl/α,β-unsaturated/α-hetero) is 1. The molecule has 4 saturated carbocycles. The third-order valence-corrected chi connectivity index (χ3v) is 8.25. The number of methoxy groups -OCH3 is 1. The summed E-state index contributed by atoms with van der Waals surface area (Å²) in [6, 6.07) is 0. The van der Waals surface area contributed by atoms with Gasteiger partial charge in [0, 0.05) is 11.8 Å². The van der Waals surface area contributed by atoms with Gasteiger partial charge < -0.3 is 9.47 Å². The fraction of sp³-hybridized carbons (Fsp3) is 0.880. The SMILES string of the molecule is CCC(C)(CC(C)(C)C(=O)OC)C(=O)OC(C)CC(=O)C12CC3CC(CC(C3)C1)C2. The second-order valence-corrected chi connectivity index (χ2v) is 11.5. The third-order valence-electron chi connectivity index (χ3n) is 8.25. The molecule has 0 N–H and O–H groups in total. The summed E-state index contributed by atoms with van der Waals surface area (Å²) in [5.41, 5.74) is -1.73. The average molecular weight is 421 g/mol. The van der Waals surface area contributed by atoms with Gasteiger partial charge in [-0.15, -0.1) is 0 Å². The Morgan fingerprint density at radius 2 is 1.47 bits per heavy atom. The standard InChI is InChI=1S/C25H40O5/c1-7-24(5,15-23(3,4)21(27)29-6)22(28)30-16(2)8-20(26)25-12-17-9-18(13-25)11-19(10-17)14-25/h16-19H,7-15H2,1-6H3. The maximum Gasteiger partial charge on any atom is 0.312 e. The van der Waals surface area contributed by atoms with Crippen LogP contribution in [0.5, 0.6) is 0 Å². The monoisotopic (exact) mass is 420 g/mol. The van der Waals surface area contributed by atoms with Crippen molar-refractivity contribution in [1.29, 1.82) is 0 Å². The minimum absolute atomic E-state index is 0.156.